The first-order valence-corrected chi connectivity index (χ1v) is 15.1. The molecule has 0 N–H and O–H groups in total. The third-order valence-corrected chi connectivity index (χ3v) is 7.97. The summed E-state index contributed by atoms with van der Waals surface area (Å²) in [6, 6.07) is 11.7. The highest BCUT2D eigenvalue weighted by Gasteiger charge is 2.26. The van der Waals surface area contributed by atoms with Crippen molar-refractivity contribution in [3.63, 3.8) is 0 Å². The van der Waals surface area contributed by atoms with Crippen LogP contribution in [0.4, 0.5) is 4.39 Å². The van der Waals surface area contributed by atoms with Gasteiger partial charge in [0.1, 0.15) is 30.7 Å². The van der Waals surface area contributed by atoms with Crippen LogP contribution < -0.4 is 18.9 Å². The second-order valence-corrected chi connectivity index (χ2v) is 11.2. The number of rotatable bonds is 11. The fraction of sp³-hybridized carbons (Fsp3) is 0.364. The third-order valence-electron chi connectivity index (χ3n) is 7.55. The van der Waals surface area contributed by atoms with Crippen LogP contribution in [0, 0.1) is 12.7 Å². The number of Topliss-reactive ketones (excluding diaryl/α,β-unsaturated/α-hetero) is 1. The SMILES string of the molecule is Cc1cc(CC(=O)Cc2ccc(Oc3ncnc4cc(OCCCN5CCOCC5)c5c(c34)OCCO5)c(F)c2)ccc1Cl. The summed E-state index contributed by atoms with van der Waals surface area (Å²) >= 11 is 6.09. The van der Waals surface area contributed by atoms with Gasteiger partial charge in [0.2, 0.25) is 11.6 Å². The zero-order chi connectivity index (χ0) is 30.5. The van der Waals surface area contributed by atoms with E-state index in [4.69, 9.17) is 35.3 Å². The molecule has 1 aromatic heterocycles. The Balaban J connectivity index is 1.16. The van der Waals surface area contributed by atoms with Gasteiger partial charge in [0.25, 0.3) is 0 Å². The molecule has 0 bridgehead atoms. The first-order valence-electron chi connectivity index (χ1n) is 14.7. The second kappa shape index (κ2) is 13.8. The molecule has 0 amide bonds. The highest BCUT2D eigenvalue weighted by Crippen LogP contribution is 2.48. The lowest BCUT2D eigenvalue weighted by atomic mass is 10.0. The fourth-order valence-corrected chi connectivity index (χ4v) is 5.46. The molecule has 230 valence electrons. The van der Waals surface area contributed by atoms with E-state index in [0.717, 1.165) is 50.4 Å². The van der Waals surface area contributed by atoms with E-state index in [9.17, 15) is 4.79 Å². The van der Waals surface area contributed by atoms with E-state index in [1.54, 1.807) is 18.2 Å². The molecule has 1 saturated heterocycles. The molecule has 3 aromatic carbocycles. The minimum atomic E-state index is -0.615. The molecule has 9 nitrogen and oxygen atoms in total. The molecule has 2 aliphatic heterocycles. The number of carbonyl (C=O) groups is 1. The van der Waals surface area contributed by atoms with Crippen LogP contribution in [-0.2, 0) is 22.4 Å². The van der Waals surface area contributed by atoms with Crippen LogP contribution in [0.25, 0.3) is 10.9 Å². The van der Waals surface area contributed by atoms with Gasteiger partial charge in [0.05, 0.1) is 25.3 Å². The summed E-state index contributed by atoms with van der Waals surface area (Å²) in [5, 5.41) is 1.11. The summed E-state index contributed by atoms with van der Waals surface area (Å²) in [6.45, 7) is 7.34. The number of benzene rings is 3. The fourth-order valence-electron chi connectivity index (χ4n) is 5.34. The Hall–Kier alpha value is -3.99. The number of ketones is 1. The zero-order valence-electron chi connectivity index (χ0n) is 24.4. The van der Waals surface area contributed by atoms with E-state index in [1.807, 2.05) is 19.1 Å². The maximum atomic E-state index is 15.2. The van der Waals surface area contributed by atoms with Crippen LogP contribution in [0.3, 0.4) is 0 Å². The Morgan fingerprint density at radius 3 is 2.48 bits per heavy atom. The number of morpholine rings is 1. The number of hydrogen-bond acceptors (Lipinski definition) is 9. The number of halogens is 2. The van der Waals surface area contributed by atoms with Crippen molar-refractivity contribution in [3.05, 3.63) is 76.3 Å². The third kappa shape index (κ3) is 7.04. The molecule has 0 unspecified atom stereocenters. The zero-order valence-corrected chi connectivity index (χ0v) is 25.2. The smallest absolute Gasteiger partial charge is 0.234 e. The van der Waals surface area contributed by atoms with Crippen molar-refractivity contribution < 1.29 is 32.9 Å². The first kappa shape index (κ1) is 30.1. The summed E-state index contributed by atoms with van der Waals surface area (Å²) < 4.78 is 44.7. The normalized spacial score (nSPS) is 14.9. The van der Waals surface area contributed by atoms with Gasteiger partial charge in [-0.25, -0.2) is 14.4 Å². The molecule has 0 radical (unpaired) electrons. The number of aromatic nitrogens is 2. The Kier molecular flexibility index (Phi) is 9.40. The minimum absolute atomic E-state index is 0.0375. The van der Waals surface area contributed by atoms with Crippen LogP contribution in [0.2, 0.25) is 5.02 Å². The van der Waals surface area contributed by atoms with Crippen molar-refractivity contribution >= 4 is 28.3 Å². The van der Waals surface area contributed by atoms with Crippen molar-refractivity contribution in [2.45, 2.75) is 26.2 Å². The van der Waals surface area contributed by atoms with Gasteiger partial charge in [-0.3, -0.25) is 9.69 Å². The lowest BCUT2D eigenvalue weighted by molar-refractivity contribution is -0.117. The quantitative estimate of drug-likeness (QED) is 0.194. The molecule has 11 heteroatoms. The summed E-state index contributed by atoms with van der Waals surface area (Å²) in [4.78, 5) is 23.7. The monoisotopic (exact) mass is 621 g/mol. The highest BCUT2D eigenvalue weighted by molar-refractivity contribution is 6.31. The van der Waals surface area contributed by atoms with E-state index in [-0.39, 0.29) is 30.3 Å². The molecule has 0 atom stereocenters. The van der Waals surface area contributed by atoms with Crippen molar-refractivity contribution in [2.75, 3.05) is 52.7 Å². The summed E-state index contributed by atoms with van der Waals surface area (Å²) in [7, 11) is 0. The van der Waals surface area contributed by atoms with Crippen LogP contribution in [0.1, 0.15) is 23.1 Å². The van der Waals surface area contributed by atoms with Crippen molar-refractivity contribution in [2.24, 2.45) is 0 Å². The standard InChI is InChI=1S/C33H33ClFN3O6/c1-21-15-22(3-5-25(21)34)16-24(39)17-23-4-6-28(26(35)18-23)44-33-30-27(36-20-37-33)19-29(31-32(30)43-14-13-42-31)41-10-2-7-38-8-11-40-12-9-38/h3-6,15,18-20H,2,7-14,16-17H2,1H3. The molecule has 0 spiro atoms. The molecular formula is C33H33ClFN3O6. The first-order chi connectivity index (χ1) is 21.4. The van der Waals surface area contributed by atoms with Gasteiger partial charge in [-0.15, -0.1) is 0 Å². The van der Waals surface area contributed by atoms with E-state index in [1.165, 1.54) is 18.5 Å². The molecular weight excluding hydrogens is 589 g/mol. The largest absolute Gasteiger partial charge is 0.489 e. The van der Waals surface area contributed by atoms with Crippen LogP contribution in [0.5, 0.6) is 28.9 Å². The van der Waals surface area contributed by atoms with Crippen LogP contribution in [-0.4, -0.2) is 73.3 Å². The molecule has 2 aliphatic rings. The van der Waals surface area contributed by atoms with Crippen molar-refractivity contribution in [1.82, 2.24) is 14.9 Å². The Morgan fingerprint density at radius 2 is 1.70 bits per heavy atom. The van der Waals surface area contributed by atoms with Crippen LogP contribution >= 0.6 is 11.6 Å². The van der Waals surface area contributed by atoms with Gasteiger partial charge in [-0.2, -0.15) is 0 Å². The highest BCUT2D eigenvalue weighted by atomic mass is 35.5. The number of ether oxygens (including phenoxy) is 5. The van der Waals surface area contributed by atoms with Gasteiger partial charge < -0.3 is 23.7 Å². The van der Waals surface area contributed by atoms with E-state index >= 15 is 4.39 Å². The van der Waals surface area contributed by atoms with Gasteiger partial charge >= 0.3 is 0 Å². The van der Waals surface area contributed by atoms with Crippen molar-refractivity contribution in [3.8, 4) is 28.9 Å². The Labute approximate surface area is 259 Å². The molecule has 1 fully saturated rings. The predicted octanol–water partition coefficient (Wildman–Crippen LogP) is 5.75. The maximum absolute atomic E-state index is 15.2. The number of aryl methyl sites for hydroxylation is 1. The average Bonchev–Trinajstić information content (AvgIpc) is 3.03. The van der Waals surface area contributed by atoms with Crippen molar-refractivity contribution in [1.29, 1.82) is 0 Å². The lowest BCUT2D eigenvalue weighted by Crippen LogP contribution is -2.37. The molecule has 0 aliphatic carbocycles. The summed E-state index contributed by atoms with van der Waals surface area (Å²) in [5.74, 6) is 0.792. The summed E-state index contributed by atoms with van der Waals surface area (Å²) in [5.41, 5.74) is 2.83. The Bertz CT molecular complexity index is 1660. The van der Waals surface area contributed by atoms with E-state index in [0.29, 0.717) is 58.6 Å². The number of hydrogen-bond donors (Lipinski definition) is 0. The van der Waals surface area contributed by atoms with E-state index < -0.39 is 5.82 Å². The molecule has 4 aromatic rings. The number of carbonyl (C=O) groups excluding carboxylic acids is 1. The van der Waals surface area contributed by atoms with Gasteiger partial charge in [0.15, 0.2) is 23.1 Å². The van der Waals surface area contributed by atoms with Gasteiger partial charge in [0, 0.05) is 43.6 Å². The molecule has 3 heterocycles. The average molecular weight is 622 g/mol. The number of fused-ring (bicyclic) bond motifs is 3. The van der Waals surface area contributed by atoms with Crippen LogP contribution in [0.15, 0.2) is 48.8 Å². The molecule has 44 heavy (non-hydrogen) atoms. The minimum Gasteiger partial charge on any atom is -0.489 e. The number of nitrogens with zero attached hydrogens (tertiary/aromatic N) is 3. The van der Waals surface area contributed by atoms with Gasteiger partial charge in [-0.05, 0) is 48.2 Å². The maximum Gasteiger partial charge on any atom is 0.234 e. The Morgan fingerprint density at radius 1 is 0.955 bits per heavy atom. The lowest BCUT2D eigenvalue weighted by Gasteiger charge is -2.26. The molecule has 0 saturated carbocycles. The summed E-state index contributed by atoms with van der Waals surface area (Å²) in [6.07, 6.45) is 2.51. The molecule has 6 rings (SSSR count). The second-order valence-electron chi connectivity index (χ2n) is 10.8. The predicted molar refractivity (Wildman–Crippen MR) is 163 cm³/mol. The van der Waals surface area contributed by atoms with E-state index in [2.05, 4.69) is 14.9 Å². The van der Waals surface area contributed by atoms with Gasteiger partial charge in [-0.1, -0.05) is 29.8 Å². The topological polar surface area (TPSA) is 92.2 Å².